The van der Waals surface area contributed by atoms with Crippen LogP contribution in [0.15, 0.2) is 47.3 Å². The van der Waals surface area contributed by atoms with E-state index in [1.165, 1.54) is 20.1 Å². The minimum atomic E-state index is -4.54. The lowest BCUT2D eigenvalue weighted by atomic mass is 10.0. The highest BCUT2D eigenvalue weighted by molar-refractivity contribution is 5.94. The van der Waals surface area contributed by atoms with Crippen LogP contribution in [0.4, 0.5) is 29.3 Å². The number of nitrogens with one attached hydrogen (secondary N) is 2. The number of ether oxygens (including phenoxy) is 3. The number of rotatable bonds is 8. The van der Waals surface area contributed by atoms with Crippen LogP contribution in [0.2, 0.25) is 0 Å². The molecule has 2 aromatic carbocycles. The van der Waals surface area contributed by atoms with E-state index in [2.05, 4.69) is 20.7 Å². The summed E-state index contributed by atoms with van der Waals surface area (Å²) in [5, 5.41) is 9.95. The van der Waals surface area contributed by atoms with Crippen molar-refractivity contribution in [3.8, 4) is 16.9 Å². The maximum atomic E-state index is 14.3. The van der Waals surface area contributed by atoms with Crippen molar-refractivity contribution in [3.63, 3.8) is 0 Å². The highest BCUT2D eigenvalue weighted by atomic mass is 19.4. The Balaban J connectivity index is 1.67. The molecule has 0 saturated carbocycles. The molecule has 5 rings (SSSR count). The van der Waals surface area contributed by atoms with Crippen molar-refractivity contribution in [3.05, 3.63) is 75.5 Å². The average molecular weight is 683 g/mol. The predicted octanol–water partition coefficient (Wildman–Crippen LogP) is 6.25. The van der Waals surface area contributed by atoms with Gasteiger partial charge in [-0.2, -0.15) is 22.7 Å². The van der Waals surface area contributed by atoms with Crippen LogP contribution in [-0.2, 0) is 33.4 Å². The number of fused-ring (bicyclic) bond motifs is 1. The van der Waals surface area contributed by atoms with Crippen molar-refractivity contribution in [1.82, 2.24) is 19.2 Å². The second kappa shape index (κ2) is 13.7. The Labute approximate surface area is 279 Å². The number of hydrogen-bond donors (Lipinski definition) is 2. The lowest BCUT2D eigenvalue weighted by molar-refractivity contribution is -0.137. The molecule has 0 aliphatic carbocycles. The van der Waals surface area contributed by atoms with Crippen LogP contribution >= 0.6 is 0 Å². The van der Waals surface area contributed by atoms with Crippen molar-refractivity contribution < 1.29 is 37.0 Å². The van der Waals surface area contributed by atoms with Gasteiger partial charge in [-0.15, -0.1) is 5.10 Å². The molecule has 12 nitrogen and oxygen atoms in total. The van der Waals surface area contributed by atoms with E-state index in [1.54, 1.807) is 50.5 Å². The fourth-order valence-corrected chi connectivity index (χ4v) is 5.47. The monoisotopic (exact) mass is 682 g/mol. The van der Waals surface area contributed by atoms with E-state index in [9.17, 15) is 27.6 Å². The zero-order valence-electron chi connectivity index (χ0n) is 27.9. The predicted molar refractivity (Wildman–Crippen MR) is 177 cm³/mol. The molecule has 0 unspecified atom stereocenters. The largest absolute Gasteiger partial charge is 0.497 e. The number of halogens is 3. The number of carbonyl (C=O) groups is 2. The number of nitrogens with zero attached hydrogens (tertiary/aromatic N) is 4. The van der Waals surface area contributed by atoms with Gasteiger partial charge in [0, 0.05) is 23.0 Å². The summed E-state index contributed by atoms with van der Waals surface area (Å²) in [4.78, 5) is 45.5. The Morgan fingerprint density at radius 2 is 1.82 bits per heavy atom. The normalized spacial score (nSPS) is 13.6. The van der Waals surface area contributed by atoms with Crippen LogP contribution in [0.1, 0.15) is 56.8 Å². The summed E-state index contributed by atoms with van der Waals surface area (Å²) in [7, 11) is 1.46. The van der Waals surface area contributed by atoms with Gasteiger partial charge < -0.3 is 24.1 Å². The van der Waals surface area contributed by atoms with Gasteiger partial charge in [0.1, 0.15) is 17.9 Å². The fraction of sp³-hybridized carbons (Fsp3) is 0.382. The van der Waals surface area contributed by atoms with Crippen molar-refractivity contribution in [2.24, 2.45) is 0 Å². The standard InChI is InChI=1S/C34H37F3N6O6/c1-7-26-28(23-10-9-22(47-6)17-25(23)39-32(46)49-33(3,4)5)30(45)43-31(40-29(41-43)20-12-14-48-15-13-20)42(26)18-27(44)38-24-11-8-21(16-19(24)2)34(35,36)37/h8-12,16-17H,7,13-15,18H2,1-6H3,(H,38,44)(H,39,46). The summed E-state index contributed by atoms with van der Waals surface area (Å²) < 4.78 is 58.7. The molecule has 0 atom stereocenters. The average Bonchev–Trinajstić information content (AvgIpc) is 3.48. The van der Waals surface area contributed by atoms with Gasteiger partial charge in [0.05, 0.1) is 37.1 Å². The molecule has 1 aliphatic rings. The summed E-state index contributed by atoms with van der Waals surface area (Å²) in [6.45, 7) is 8.83. The van der Waals surface area contributed by atoms with Gasteiger partial charge in [-0.3, -0.25) is 14.9 Å². The fourth-order valence-electron chi connectivity index (χ4n) is 5.47. The molecule has 2 amide bonds. The minimum absolute atomic E-state index is 0.0856. The Hall–Kier alpha value is -5.18. The first-order valence-electron chi connectivity index (χ1n) is 15.5. The van der Waals surface area contributed by atoms with Gasteiger partial charge in [-0.05, 0) is 82.0 Å². The van der Waals surface area contributed by atoms with E-state index in [1.807, 2.05) is 6.08 Å². The molecule has 0 radical (unpaired) electrons. The van der Waals surface area contributed by atoms with Gasteiger partial charge in [0.2, 0.25) is 11.7 Å². The maximum Gasteiger partial charge on any atom is 0.416 e. The Morgan fingerprint density at radius 1 is 1.06 bits per heavy atom. The molecule has 15 heteroatoms. The molecular weight excluding hydrogens is 645 g/mol. The summed E-state index contributed by atoms with van der Waals surface area (Å²) in [6, 6.07) is 7.84. The zero-order chi connectivity index (χ0) is 35.7. The van der Waals surface area contributed by atoms with Crippen molar-refractivity contribution in [2.75, 3.05) is 31.0 Å². The van der Waals surface area contributed by atoms with Gasteiger partial charge in [-0.1, -0.05) is 13.0 Å². The second-order valence-corrected chi connectivity index (χ2v) is 12.4. The maximum absolute atomic E-state index is 14.3. The molecule has 2 N–H and O–H groups in total. The zero-order valence-corrected chi connectivity index (χ0v) is 27.9. The quantitative estimate of drug-likeness (QED) is 0.223. The third kappa shape index (κ3) is 7.77. The number of amides is 2. The highest BCUT2D eigenvalue weighted by Gasteiger charge is 2.31. The number of aromatic nitrogens is 4. The first-order chi connectivity index (χ1) is 23.1. The third-order valence-corrected chi connectivity index (χ3v) is 7.70. The van der Waals surface area contributed by atoms with Crippen molar-refractivity contribution >= 4 is 34.7 Å². The number of anilines is 2. The van der Waals surface area contributed by atoms with Crippen LogP contribution in [0.25, 0.3) is 22.5 Å². The van der Waals surface area contributed by atoms with Gasteiger partial charge in [0.15, 0.2) is 5.82 Å². The first-order valence-corrected chi connectivity index (χ1v) is 15.5. The van der Waals surface area contributed by atoms with E-state index in [0.29, 0.717) is 36.6 Å². The lowest BCUT2D eigenvalue weighted by Gasteiger charge is -2.22. The van der Waals surface area contributed by atoms with Crippen LogP contribution in [0.3, 0.4) is 0 Å². The number of carbonyl (C=O) groups excluding carboxylic acids is 2. The van der Waals surface area contributed by atoms with E-state index < -0.39 is 34.9 Å². The number of hydrogen-bond acceptors (Lipinski definition) is 8. The van der Waals surface area contributed by atoms with Gasteiger partial charge in [-0.25, -0.2) is 4.79 Å². The van der Waals surface area contributed by atoms with E-state index in [0.717, 1.165) is 22.2 Å². The molecule has 0 spiro atoms. The molecule has 3 heterocycles. The highest BCUT2D eigenvalue weighted by Crippen LogP contribution is 2.34. The molecule has 4 aromatic rings. The van der Waals surface area contributed by atoms with E-state index in [-0.39, 0.29) is 47.1 Å². The molecule has 0 bridgehead atoms. The van der Waals surface area contributed by atoms with Crippen LogP contribution < -0.4 is 20.9 Å². The molecule has 0 saturated heterocycles. The Morgan fingerprint density at radius 3 is 2.43 bits per heavy atom. The Kier molecular flexibility index (Phi) is 9.85. The minimum Gasteiger partial charge on any atom is -0.497 e. The smallest absolute Gasteiger partial charge is 0.416 e. The number of benzene rings is 2. The van der Waals surface area contributed by atoms with Gasteiger partial charge >= 0.3 is 12.3 Å². The van der Waals surface area contributed by atoms with Crippen molar-refractivity contribution in [1.29, 1.82) is 0 Å². The molecular formula is C34H37F3N6O6. The topological polar surface area (TPSA) is 138 Å². The summed E-state index contributed by atoms with van der Waals surface area (Å²) in [5.74, 6) is 0.192. The number of aryl methyl sites for hydroxylation is 1. The molecule has 49 heavy (non-hydrogen) atoms. The van der Waals surface area contributed by atoms with Crippen LogP contribution in [-0.4, -0.2) is 57.1 Å². The van der Waals surface area contributed by atoms with Crippen LogP contribution in [0, 0.1) is 6.92 Å². The molecule has 0 fully saturated rings. The van der Waals surface area contributed by atoms with Crippen molar-refractivity contribution in [2.45, 2.75) is 65.8 Å². The number of methoxy groups -OCH3 is 1. The Bertz CT molecular complexity index is 2010. The van der Waals surface area contributed by atoms with Crippen LogP contribution in [0.5, 0.6) is 5.75 Å². The molecule has 1 aliphatic heterocycles. The van der Waals surface area contributed by atoms with Gasteiger partial charge in [0.25, 0.3) is 5.56 Å². The summed E-state index contributed by atoms with van der Waals surface area (Å²) in [6.07, 6.45) is -2.73. The molecule has 2 aromatic heterocycles. The molecule has 260 valence electrons. The summed E-state index contributed by atoms with van der Waals surface area (Å²) in [5.41, 5.74) is 0.0456. The number of alkyl halides is 3. The third-order valence-electron chi connectivity index (χ3n) is 7.70. The van der Waals surface area contributed by atoms with E-state index >= 15 is 0 Å². The van der Waals surface area contributed by atoms with E-state index in [4.69, 9.17) is 14.2 Å². The lowest BCUT2D eigenvalue weighted by Crippen LogP contribution is -2.30. The SMILES string of the molecule is CCc1c(-c2ccc(OC)cc2NC(=O)OC(C)(C)C)c(=O)n2nc(C3=CCOCC3)nc2n1CC(=O)Nc1ccc(C(F)(F)F)cc1C. The second-order valence-electron chi connectivity index (χ2n) is 12.4. The summed E-state index contributed by atoms with van der Waals surface area (Å²) >= 11 is 0. The first kappa shape index (κ1) is 35.1.